The van der Waals surface area contributed by atoms with Crippen molar-refractivity contribution >= 4 is 43.9 Å². The molecule has 0 radical (unpaired) electrons. The second-order valence-electron chi connectivity index (χ2n) is 5.53. The summed E-state index contributed by atoms with van der Waals surface area (Å²) in [4.78, 5) is 11.4. The van der Waals surface area contributed by atoms with Crippen LogP contribution in [0.2, 0.25) is 0 Å². The van der Waals surface area contributed by atoms with Crippen molar-refractivity contribution < 1.29 is 4.79 Å². The Kier molecular flexibility index (Phi) is 2.83. The number of rotatable bonds is 1. The van der Waals surface area contributed by atoms with Crippen molar-refractivity contribution in [3.8, 4) is 0 Å². The van der Waals surface area contributed by atoms with E-state index in [0.717, 1.165) is 11.1 Å². The highest BCUT2D eigenvalue weighted by molar-refractivity contribution is 6.22. The Bertz CT molecular complexity index is 1030. The summed E-state index contributed by atoms with van der Waals surface area (Å²) in [7, 11) is 0. The summed E-state index contributed by atoms with van der Waals surface area (Å²) in [5, 5.41) is 10.1. The molecule has 22 heavy (non-hydrogen) atoms. The van der Waals surface area contributed by atoms with E-state index in [2.05, 4.69) is 59.9 Å². The SMILES string of the molecule is CC(=O)Nc1cccc2c1ccc1ccc3ccccc3c12. The molecule has 0 aliphatic heterocycles. The van der Waals surface area contributed by atoms with Gasteiger partial charge in [-0.15, -0.1) is 0 Å². The van der Waals surface area contributed by atoms with Gasteiger partial charge >= 0.3 is 0 Å². The topological polar surface area (TPSA) is 29.1 Å². The van der Waals surface area contributed by atoms with Crippen LogP contribution in [0.15, 0.2) is 66.7 Å². The molecule has 1 N–H and O–H groups in total. The summed E-state index contributed by atoms with van der Waals surface area (Å²) in [6.07, 6.45) is 0. The molecule has 2 nitrogen and oxygen atoms in total. The first-order valence-electron chi connectivity index (χ1n) is 7.35. The minimum Gasteiger partial charge on any atom is -0.326 e. The maximum Gasteiger partial charge on any atom is 0.221 e. The van der Waals surface area contributed by atoms with Crippen LogP contribution in [0.25, 0.3) is 32.3 Å². The Morgan fingerprint density at radius 3 is 2.32 bits per heavy atom. The van der Waals surface area contributed by atoms with Crippen molar-refractivity contribution in [2.24, 2.45) is 0 Å². The van der Waals surface area contributed by atoms with Crippen LogP contribution in [0.5, 0.6) is 0 Å². The maximum atomic E-state index is 11.4. The summed E-state index contributed by atoms with van der Waals surface area (Å²) < 4.78 is 0. The number of hydrogen-bond acceptors (Lipinski definition) is 1. The van der Waals surface area contributed by atoms with Crippen LogP contribution in [0.4, 0.5) is 5.69 Å². The van der Waals surface area contributed by atoms with Gasteiger partial charge in [0.2, 0.25) is 5.91 Å². The molecule has 4 aromatic carbocycles. The summed E-state index contributed by atoms with van der Waals surface area (Å²) in [5.41, 5.74) is 0.861. The predicted molar refractivity (Wildman–Crippen MR) is 93.3 cm³/mol. The van der Waals surface area contributed by atoms with Crippen LogP contribution in [0, 0.1) is 0 Å². The van der Waals surface area contributed by atoms with Gasteiger partial charge in [0.05, 0.1) is 0 Å². The van der Waals surface area contributed by atoms with Gasteiger partial charge in [-0.25, -0.2) is 0 Å². The molecule has 1 amide bonds. The molecular formula is C20H15NO. The third-order valence-corrected chi connectivity index (χ3v) is 4.08. The second kappa shape index (κ2) is 4.85. The van der Waals surface area contributed by atoms with Gasteiger partial charge in [-0.3, -0.25) is 4.79 Å². The van der Waals surface area contributed by atoms with Gasteiger partial charge in [0.15, 0.2) is 0 Å². The molecular weight excluding hydrogens is 270 g/mol. The summed E-state index contributed by atoms with van der Waals surface area (Å²) >= 11 is 0. The molecule has 0 fully saturated rings. The van der Waals surface area contributed by atoms with Gasteiger partial charge < -0.3 is 5.32 Å². The highest BCUT2D eigenvalue weighted by atomic mass is 16.1. The number of hydrogen-bond donors (Lipinski definition) is 1. The van der Waals surface area contributed by atoms with Crippen LogP contribution >= 0.6 is 0 Å². The van der Waals surface area contributed by atoms with Crippen molar-refractivity contribution in [2.45, 2.75) is 6.92 Å². The number of fused-ring (bicyclic) bond motifs is 5. The Balaban J connectivity index is 2.18. The lowest BCUT2D eigenvalue weighted by atomic mass is 9.96. The Labute approximate surface area is 128 Å². The molecule has 4 aromatic rings. The molecule has 0 atom stereocenters. The van der Waals surface area contributed by atoms with Gasteiger partial charge in [0, 0.05) is 18.0 Å². The molecule has 0 aliphatic carbocycles. The van der Waals surface area contributed by atoms with Gasteiger partial charge in [-0.05, 0) is 33.0 Å². The fraction of sp³-hybridized carbons (Fsp3) is 0.0500. The van der Waals surface area contributed by atoms with Crippen molar-refractivity contribution in [3.63, 3.8) is 0 Å². The van der Waals surface area contributed by atoms with Crippen molar-refractivity contribution in [2.75, 3.05) is 5.32 Å². The Morgan fingerprint density at radius 2 is 1.45 bits per heavy atom. The van der Waals surface area contributed by atoms with E-state index in [9.17, 15) is 4.79 Å². The number of anilines is 1. The molecule has 0 spiro atoms. The standard InChI is InChI=1S/C20H15NO/c1-13(22)21-19-8-4-7-18-17(19)12-11-15-10-9-14-5-2-3-6-16(14)20(15)18/h2-12H,1H3,(H,21,22). The van der Waals surface area contributed by atoms with Crippen LogP contribution in [-0.4, -0.2) is 5.91 Å². The third-order valence-electron chi connectivity index (χ3n) is 4.08. The van der Waals surface area contributed by atoms with Crippen molar-refractivity contribution in [1.29, 1.82) is 0 Å². The lowest BCUT2D eigenvalue weighted by Gasteiger charge is -2.11. The molecule has 0 aliphatic rings. The first-order valence-corrected chi connectivity index (χ1v) is 7.35. The maximum absolute atomic E-state index is 11.4. The van der Waals surface area contributed by atoms with E-state index in [1.54, 1.807) is 0 Å². The van der Waals surface area contributed by atoms with Gasteiger partial charge in [-0.2, -0.15) is 0 Å². The number of benzene rings is 4. The number of nitrogens with one attached hydrogen (secondary N) is 1. The van der Waals surface area contributed by atoms with Crippen molar-refractivity contribution in [1.82, 2.24) is 0 Å². The van der Waals surface area contributed by atoms with Crippen LogP contribution < -0.4 is 5.32 Å². The molecule has 0 unspecified atom stereocenters. The second-order valence-corrected chi connectivity index (χ2v) is 5.53. The third kappa shape index (κ3) is 1.92. The minimum atomic E-state index is -0.0504. The van der Waals surface area contributed by atoms with Crippen molar-refractivity contribution in [3.05, 3.63) is 66.7 Å². The molecule has 0 heterocycles. The average Bonchev–Trinajstić information content (AvgIpc) is 2.54. The van der Waals surface area contributed by atoms with E-state index in [1.807, 2.05) is 12.1 Å². The van der Waals surface area contributed by atoms with Crippen LogP contribution in [0.3, 0.4) is 0 Å². The molecule has 0 bridgehead atoms. The molecule has 0 saturated carbocycles. The molecule has 2 heteroatoms. The first kappa shape index (κ1) is 12.8. The Hall–Kier alpha value is -2.87. The van der Waals surface area contributed by atoms with Gasteiger partial charge in [-0.1, -0.05) is 60.7 Å². The highest BCUT2D eigenvalue weighted by Gasteiger charge is 2.08. The minimum absolute atomic E-state index is 0.0504. The van der Waals surface area contributed by atoms with Crippen LogP contribution in [-0.2, 0) is 4.79 Å². The monoisotopic (exact) mass is 285 g/mol. The van der Waals surface area contributed by atoms with E-state index in [1.165, 1.54) is 33.9 Å². The van der Waals surface area contributed by atoms with E-state index >= 15 is 0 Å². The number of amides is 1. The van der Waals surface area contributed by atoms with E-state index in [4.69, 9.17) is 0 Å². The molecule has 4 rings (SSSR count). The van der Waals surface area contributed by atoms with Gasteiger partial charge in [0.25, 0.3) is 0 Å². The lowest BCUT2D eigenvalue weighted by molar-refractivity contribution is -0.114. The number of carbonyl (C=O) groups excluding carboxylic acids is 1. The normalized spacial score (nSPS) is 11.1. The summed E-state index contributed by atoms with van der Waals surface area (Å²) in [6, 6.07) is 23.0. The zero-order valence-corrected chi connectivity index (χ0v) is 12.3. The summed E-state index contributed by atoms with van der Waals surface area (Å²) in [5.74, 6) is -0.0504. The van der Waals surface area contributed by atoms with E-state index in [0.29, 0.717) is 0 Å². The number of carbonyl (C=O) groups is 1. The van der Waals surface area contributed by atoms with E-state index in [-0.39, 0.29) is 5.91 Å². The fourth-order valence-electron chi connectivity index (χ4n) is 3.16. The first-order chi connectivity index (χ1) is 10.7. The summed E-state index contributed by atoms with van der Waals surface area (Å²) in [6.45, 7) is 1.54. The highest BCUT2D eigenvalue weighted by Crippen LogP contribution is 2.34. The lowest BCUT2D eigenvalue weighted by Crippen LogP contribution is -2.05. The smallest absolute Gasteiger partial charge is 0.221 e. The molecule has 106 valence electrons. The quantitative estimate of drug-likeness (QED) is 0.484. The van der Waals surface area contributed by atoms with E-state index < -0.39 is 0 Å². The van der Waals surface area contributed by atoms with Crippen LogP contribution in [0.1, 0.15) is 6.92 Å². The zero-order valence-electron chi connectivity index (χ0n) is 12.3. The fourth-order valence-corrected chi connectivity index (χ4v) is 3.16. The largest absolute Gasteiger partial charge is 0.326 e. The zero-order chi connectivity index (χ0) is 15.1. The van der Waals surface area contributed by atoms with Gasteiger partial charge in [0.1, 0.15) is 0 Å². The molecule has 0 saturated heterocycles. The average molecular weight is 285 g/mol. The predicted octanol–water partition coefficient (Wildman–Crippen LogP) is 5.10. The molecule has 0 aromatic heterocycles. The Morgan fingerprint density at radius 1 is 0.727 bits per heavy atom.